The maximum absolute atomic E-state index is 6.07. The maximum Gasteiger partial charge on any atom is 0.0811 e. The zero-order chi connectivity index (χ0) is 11.9. The highest BCUT2D eigenvalue weighted by Crippen LogP contribution is 2.44. The van der Waals surface area contributed by atoms with Crippen LogP contribution in [0.15, 0.2) is 18.2 Å². The van der Waals surface area contributed by atoms with Crippen molar-refractivity contribution >= 4 is 17.1 Å². The van der Waals surface area contributed by atoms with Gasteiger partial charge in [0.25, 0.3) is 0 Å². The largest absolute Gasteiger partial charge is 0.397 e. The highest BCUT2D eigenvalue weighted by atomic mass is 15.2. The van der Waals surface area contributed by atoms with E-state index in [-0.39, 0.29) is 0 Å². The molecular formula is C14H21N3. The molecule has 3 N–H and O–H groups in total. The predicted molar refractivity (Wildman–Crippen MR) is 73.5 cm³/mol. The summed E-state index contributed by atoms with van der Waals surface area (Å²) >= 11 is 0. The molecule has 1 aromatic carbocycles. The molecule has 0 unspecified atom stereocenters. The molecule has 0 amide bonds. The monoisotopic (exact) mass is 231 g/mol. The first kappa shape index (κ1) is 10.8. The van der Waals surface area contributed by atoms with E-state index in [9.17, 15) is 0 Å². The van der Waals surface area contributed by atoms with Crippen molar-refractivity contribution in [3.63, 3.8) is 0 Å². The fourth-order valence-electron chi connectivity index (χ4n) is 3.45. The van der Waals surface area contributed by atoms with Crippen LogP contribution in [0.2, 0.25) is 0 Å². The van der Waals surface area contributed by atoms with E-state index in [1.165, 1.54) is 31.4 Å². The maximum atomic E-state index is 6.07. The number of nitrogens with one attached hydrogen (secondary N) is 1. The van der Waals surface area contributed by atoms with Gasteiger partial charge in [0.15, 0.2) is 0 Å². The van der Waals surface area contributed by atoms with Crippen LogP contribution >= 0.6 is 0 Å². The number of para-hydroxylation sites is 1. The summed E-state index contributed by atoms with van der Waals surface area (Å²) in [6, 6.07) is 6.18. The Morgan fingerprint density at radius 3 is 2.82 bits per heavy atom. The van der Waals surface area contributed by atoms with Crippen LogP contribution in [0.1, 0.15) is 25.7 Å². The van der Waals surface area contributed by atoms with E-state index >= 15 is 0 Å². The highest BCUT2D eigenvalue weighted by molar-refractivity contribution is 5.82. The predicted octanol–water partition coefficient (Wildman–Crippen LogP) is 2.69. The Bertz CT molecular complexity index is 421. The van der Waals surface area contributed by atoms with Crippen LogP contribution in [0, 0.1) is 5.41 Å². The minimum absolute atomic E-state index is 0.459. The van der Waals surface area contributed by atoms with Crippen molar-refractivity contribution < 1.29 is 0 Å². The second-order valence-electron chi connectivity index (χ2n) is 5.66. The molecule has 0 atom stereocenters. The van der Waals surface area contributed by atoms with Gasteiger partial charge < -0.3 is 16.0 Å². The van der Waals surface area contributed by atoms with Gasteiger partial charge in [-0.25, -0.2) is 0 Å². The molecule has 0 bridgehead atoms. The van der Waals surface area contributed by atoms with Crippen LogP contribution in [0.3, 0.4) is 0 Å². The fraction of sp³-hybridized carbons (Fsp3) is 0.571. The van der Waals surface area contributed by atoms with Crippen LogP contribution in [0.4, 0.5) is 17.1 Å². The van der Waals surface area contributed by atoms with Gasteiger partial charge in [0, 0.05) is 25.6 Å². The van der Waals surface area contributed by atoms with E-state index in [0.717, 1.165) is 24.5 Å². The lowest BCUT2D eigenvalue weighted by Gasteiger charge is -2.31. The molecule has 1 aliphatic heterocycles. The van der Waals surface area contributed by atoms with Gasteiger partial charge in [0.05, 0.1) is 17.1 Å². The van der Waals surface area contributed by atoms with Crippen molar-refractivity contribution in [1.29, 1.82) is 0 Å². The summed E-state index contributed by atoms with van der Waals surface area (Å²) in [6.45, 7) is 2.22. The Labute approximate surface area is 103 Å². The first-order valence-electron chi connectivity index (χ1n) is 6.54. The van der Waals surface area contributed by atoms with Gasteiger partial charge in [0.1, 0.15) is 0 Å². The second-order valence-corrected chi connectivity index (χ2v) is 5.66. The summed E-state index contributed by atoms with van der Waals surface area (Å²) in [6.07, 6.45) is 5.44. The van der Waals surface area contributed by atoms with Crippen molar-refractivity contribution in [2.24, 2.45) is 5.41 Å². The Morgan fingerprint density at radius 1 is 1.29 bits per heavy atom. The molecule has 1 aliphatic carbocycles. The molecule has 3 nitrogen and oxygen atoms in total. The number of nitrogens with two attached hydrogens (primary N) is 1. The van der Waals surface area contributed by atoms with E-state index in [1.807, 2.05) is 12.1 Å². The fourth-order valence-corrected chi connectivity index (χ4v) is 3.45. The third-order valence-electron chi connectivity index (χ3n) is 4.36. The molecule has 1 aromatic rings. The molecule has 2 aliphatic rings. The molecule has 0 saturated heterocycles. The number of fused-ring (bicyclic) bond motifs is 1. The minimum Gasteiger partial charge on any atom is -0.397 e. The van der Waals surface area contributed by atoms with Gasteiger partial charge in [-0.1, -0.05) is 18.9 Å². The lowest BCUT2D eigenvalue weighted by molar-refractivity contribution is 0.330. The van der Waals surface area contributed by atoms with Crippen molar-refractivity contribution in [3.05, 3.63) is 18.2 Å². The zero-order valence-corrected chi connectivity index (χ0v) is 10.5. The summed E-state index contributed by atoms with van der Waals surface area (Å²) in [4.78, 5) is 2.37. The van der Waals surface area contributed by atoms with Gasteiger partial charge in [-0.2, -0.15) is 0 Å². The quantitative estimate of drug-likeness (QED) is 0.675. The number of benzene rings is 1. The molecule has 1 fully saturated rings. The molecule has 3 heteroatoms. The first-order chi connectivity index (χ1) is 8.20. The Hall–Kier alpha value is -1.38. The smallest absolute Gasteiger partial charge is 0.0811 e. The van der Waals surface area contributed by atoms with E-state index in [1.54, 1.807) is 0 Å². The Kier molecular flexibility index (Phi) is 2.42. The summed E-state index contributed by atoms with van der Waals surface area (Å²) in [7, 11) is 2.19. The van der Waals surface area contributed by atoms with Gasteiger partial charge in [-0.15, -0.1) is 0 Å². The van der Waals surface area contributed by atoms with Crippen LogP contribution in [0.25, 0.3) is 0 Å². The summed E-state index contributed by atoms with van der Waals surface area (Å²) < 4.78 is 0. The number of rotatable bonds is 0. The molecule has 1 saturated carbocycles. The number of hydrogen-bond acceptors (Lipinski definition) is 3. The van der Waals surface area contributed by atoms with Crippen LogP contribution in [0.5, 0.6) is 0 Å². The molecule has 92 valence electrons. The molecule has 1 spiro atoms. The summed E-state index contributed by atoms with van der Waals surface area (Å²) in [5, 5.41) is 3.59. The van der Waals surface area contributed by atoms with Gasteiger partial charge in [0.2, 0.25) is 0 Å². The van der Waals surface area contributed by atoms with E-state index in [2.05, 4.69) is 23.3 Å². The van der Waals surface area contributed by atoms with E-state index in [0.29, 0.717) is 5.41 Å². The minimum atomic E-state index is 0.459. The highest BCUT2D eigenvalue weighted by Gasteiger charge is 2.37. The van der Waals surface area contributed by atoms with Crippen molar-refractivity contribution in [3.8, 4) is 0 Å². The third-order valence-corrected chi connectivity index (χ3v) is 4.36. The number of nitrogen functional groups attached to an aromatic ring is 1. The number of nitrogens with zero attached hydrogens (tertiary/aromatic N) is 1. The lowest BCUT2D eigenvalue weighted by atomic mass is 9.86. The first-order valence-corrected chi connectivity index (χ1v) is 6.54. The Morgan fingerprint density at radius 2 is 2.06 bits per heavy atom. The molecule has 3 rings (SSSR count). The molecule has 0 aromatic heterocycles. The summed E-state index contributed by atoms with van der Waals surface area (Å²) in [5.74, 6) is 0. The number of anilines is 3. The topological polar surface area (TPSA) is 41.3 Å². The molecule has 17 heavy (non-hydrogen) atoms. The lowest BCUT2D eigenvalue weighted by Crippen LogP contribution is -2.36. The van der Waals surface area contributed by atoms with Crippen LogP contribution in [-0.4, -0.2) is 20.1 Å². The third kappa shape index (κ3) is 1.74. The van der Waals surface area contributed by atoms with Crippen molar-refractivity contribution in [2.75, 3.05) is 36.1 Å². The van der Waals surface area contributed by atoms with Gasteiger partial charge in [-0.05, 0) is 25.0 Å². The molecule has 0 radical (unpaired) electrons. The summed E-state index contributed by atoms with van der Waals surface area (Å²) in [5.41, 5.74) is 9.76. The Balaban J connectivity index is 1.97. The number of hydrogen-bond donors (Lipinski definition) is 2. The zero-order valence-electron chi connectivity index (χ0n) is 10.5. The normalized spacial score (nSPS) is 22.1. The van der Waals surface area contributed by atoms with Crippen molar-refractivity contribution in [2.45, 2.75) is 25.7 Å². The van der Waals surface area contributed by atoms with Gasteiger partial charge >= 0.3 is 0 Å². The van der Waals surface area contributed by atoms with E-state index in [4.69, 9.17) is 5.73 Å². The van der Waals surface area contributed by atoms with Crippen LogP contribution < -0.4 is 16.0 Å². The van der Waals surface area contributed by atoms with Crippen molar-refractivity contribution in [1.82, 2.24) is 0 Å². The standard InChI is InChI=1S/C14H21N3/c1-17-10-14(7-2-3-8-14)9-16-13-11(15)5-4-6-12(13)17/h4-6,16H,2-3,7-10,15H2,1H3. The molecule has 1 heterocycles. The average molecular weight is 231 g/mol. The second kappa shape index (κ2) is 3.83. The van der Waals surface area contributed by atoms with Crippen LogP contribution in [-0.2, 0) is 0 Å². The van der Waals surface area contributed by atoms with E-state index < -0.39 is 0 Å². The van der Waals surface area contributed by atoms with Gasteiger partial charge in [-0.3, -0.25) is 0 Å². The average Bonchev–Trinajstić information content (AvgIpc) is 2.70. The SMILES string of the molecule is CN1CC2(CCCC2)CNc2c(N)cccc21. The molecular weight excluding hydrogens is 210 g/mol.